The summed E-state index contributed by atoms with van der Waals surface area (Å²) < 4.78 is 0. The zero-order chi connectivity index (χ0) is 21.7. The number of hydrogen-bond acceptors (Lipinski definition) is 5. The second kappa shape index (κ2) is 9.54. The fourth-order valence-electron chi connectivity index (χ4n) is 2.97. The summed E-state index contributed by atoms with van der Waals surface area (Å²) in [7, 11) is 1.69. The highest BCUT2D eigenvalue weighted by Gasteiger charge is 2.14. The van der Waals surface area contributed by atoms with E-state index in [2.05, 4.69) is 21.4 Å². The number of nitrogens with zero attached hydrogens (tertiary/aromatic N) is 3. The molecule has 0 aliphatic carbocycles. The van der Waals surface area contributed by atoms with Gasteiger partial charge in [0.15, 0.2) is 0 Å². The largest absolute Gasteiger partial charge is 0.322 e. The van der Waals surface area contributed by atoms with Gasteiger partial charge in [0.1, 0.15) is 10.8 Å². The molecular formula is C23H24N4O2S. The maximum absolute atomic E-state index is 12.9. The number of rotatable bonds is 6. The second-order valence-electron chi connectivity index (χ2n) is 7.08. The van der Waals surface area contributed by atoms with Gasteiger partial charge in [-0.05, 0) is 66.9 Å². The molecule has 1 aromatic carbocycles. The lowest BCUT2D eigenvalue weighted by Gasteiger charge is -2.14. The lowest BCUT2D eigenvalue weighted by molar-refractivity contribution is -0.116. The van der Waals surface area contributed by atoms with Crippen LogP contribution in [-0.2, 0) is 10.5 Å². The highest BCUT2D eigenvalue weighted by Crippen LogP contribution is 2.26. The molecule has 30 heavy (non-hydrogen) atoms. The maximum atomic E-state index is 12.9. The lowest BCUT2D eigenvalue weighted by atomic mass is 10.1. The number of benzene rings is 1. The van der Waals surface area contributed by atoms with E-state index in [0.29, 0.717) is 22.2 Å². The van der Waals surface area contributed by atoms with Crippen molar-refractivity contribution in [2.24, 2.45) is 0 Å². The zero-order valence-corrected chi connectivity index (χ0v) is 18.3. The first-order valence-corrected chi connectivity index (χ1v) is 10.5. The van der Waals surface area contributed by atoms with Crippen LogP contribution in [0.15, 0.2) is 59.9 Å². The standard InChI is InChI=1S/C23H24N4O2S/c1-15-10-16(2)12-19(11-15)26-22(29)20-6-5-8-25-23(20)30-14-18-7-9-24-21(13-18)27(4)17(3)28/h5-13H,14H2,1-4H3,(H,26,29). The Bertz CT molecular complexity index is 1060. The molecule has 7 heteroatoms. The van der Waals surface area contributed by atoms with Gasteiger partial charge in [-0.2, -0.15) is 0 Å². The quantitative estimate of drug-likeness (QED) is 0.589. The molecule has 0 aliphatic heterocycles. The number of pyridine rings is 2. The van der Waals surface area contributed by atoms with Crippen LogP contribution in [0.2, 0.25) is 0 Å². The molecule has 0 unspecified atom stereocenters. The third-order valence-electron chi connectivity index (χ3n) is 4.50. The second-order valence-corrected chi connectivity index (χ2v) is 8.04. The molecule has 154 valence electrons. The van der Waals surface area contributed by atoms with Crippen LogP contribution in [0, 0.1) is 13.8 Å². The van der Waals surface area contributed by atoms with Crippen LogP contribution >= 0.6 is 11.8 Å². The van der Waals surface area contributed by atoms with Gasteiger partial charge in [-0.15, -0.1) is 11.8 Å². The Balaban J connectivity index is 1.75. The number of amides is 2. The van der Waals surface area contributed by atoms with Gasteiger partial charge in [0, 0.05) is 37.8 Å². The number of aromatic nitrogens is 2. The van der Waals surface area contributed by atoms with Crippen LogP contribution in [0.4, 0.5) is 11.5 Å². The van der Waals surface area contributed by atoms with Crippen LogP contribution in [0.5, 0.6) is 0 Å². The first-order chi connectivity index (χ1) is 14.3. The van der Waals surface area contributed by atoms with Crippen molar-refractivity contribution in [2.45, 2.75) is 31.6 Å². The molecule has 2 amide bonds. The average Bonchev–Trinajstić information content (AvgIpc) is 2.71. The molecule has 0 aliphatic rings. The van der Waals surface area contributed by atoms with E-state index in [0.717, 1.165) is 22.4 Å². The predicted octanol–water partition coefficient (Wildman–Crippen LogP) is 4.62. The average molecular weight is 421 g/mol. The molecule has 0 bridgehead atoms. The first kappa shape index (κ1) is 21.5. The third-order valence-corrected chi connectivity index (χ3v) is 5.57. The van der Waals surface area contributed by atoms with Crippen molar-refractivity contribution in [1.82, 2.24) is 9.97 Å². The van der Waals surface area contributed by atoms with E-state index in [-0.39, 0.29) is 11.8 Å². The van der Waals surface area contributed by atoms with Gasteiger partial charge < -0.3 is 10.2 Å². The van der Waals surface area contributed by atoms with Crippen molar-refractivity contribution >= 4 is 35.1 Å². The zero-order valence-electron chi connectivity index (χ0n) is 17.5. The SMILES string of the molecule is CC(=O)N(C)c1cc(CSc2ncccc2C(=O)Nc2cc(C)cc(C)c2)ccn1. The van der Waals surface area contributed by atoms with Gasteiger partial charge in [0.05, 0.1) is 5.56 Å². The van der Waals surface area contributed by atoms with Gasteiger partial charge >= 0.3 is 0 Å². The Morgan fingerprint density at radius 2 is 1.77 bits per heavy atom. The summed E-state index contributed by atoms with van der Waals surface area (Å²) in [6, 6.07) is 13.2. The third kappa shape index (κ3) is 5.45. The maximum Gasteiger partial charge on any atom is 0.258 e. The van der Waals surface area contributed by atoms with Crippen molar-refractivity contribution in [3.63, 3.8) is 0 Å². The number of carbonyl (C=O) groups is 2. The van der Waals surface area contributed by atoms with Crippen molar-refractivity contribution in [3.8, 4) is 0 Å². The fourth-order valence-corrected chi connectivity index (χ4v) is 3.91. The topological polar surface area (TPSA) is 75.2 Å². The van der Waals surface area contributed by atoms with E-state index in [4.69, 9.17) is 0 Å². The normalized spacial score (nSPS) is 10.5. The Kier molecular flexibility index (Phi) is 6.84. The molecule has 0 atom stereocenters. The van der Waals surface area contributed by atoms with Crippen molar-refractivity contribution in [3.05, 3.63) is 77.1 Å². The molecule has 3 rings (SSSR count). The molecule has 3 aromatic rings. The van der Waals surface area contributed by atoms with Crippen LogP contribution in [0.25, 0.3) is 0 Å². The molecule has 0 radical (unpaired) electrons. The van der Waals surface area contributed by atoms with Crippen LogP contribution in [-0.4, -0.2) is 28.8 Å². The number of thioether (sulfide) groups is 1. The van der Waals surface area contributed by atoms with Gasteiger partial charge in [-0.25, -0.2) is 9.97 Å². The van der Waals surface area contributed by atoms with Gasteiger partial charge in [-0.3, -0.25) is 9.59 Å². The number of aryl methyl sites for hydroxylation is 2. The van der Waals surface area contributed by atoms with E-state index in [1.54, 1.807) is 31.6 Å². The number of carbonyl (C=O) groups excluding carboxylic acids is 2. The molecule has 0 saturated carbocycles. The monoisotopic (exact) mass is 420 g/mol. The molecule has 6 nitrogen and oxygen atoms in total. The molecule has 1 N–H and O–H groups in total. The summed E-state index contributed by atoms with van der Waals surface area (Å²) in [5.74, 6) is 0.918. The number of nitrogens with one attached hydrogen (secondary N) is 1. The Morgan fingerprint density at radius 1 is 1.03 bits per heavy atom. The fraction of sp³-hybridized carbons (Fsp3) is 0.217. The summed E-state index contributed by atoms with van der Waals surface area (Å²) in [4.78, 5) is 34.6. The Morgan fingerprint density at radius 3 is 2.47 bits per heavy atom. The van der Waals surface area contributed by atoms with Gasteiger partial charge in [-0.1, -0.05) is 6.07 Å². The van der Waals surface area contributed by atoms with E-state index in [1.807, 2.05) is 38.1 Å². The van der Waals surface area contributed by atoms with Crippen molar-refractivity contribution < 1.29 is 9.59 Å². The lowest BCUT2D eigenvalue weighted by Crippen LogP contribution is -2.23. The van der Waals surface area contributed by atoms with E-state index in [9.17, 15) is 9.59 Å². The Labute approximate surface area is 180 Å². The smallest absolute Gasteiger partial charge is 0.258 e. The molecule has 0 spiro atoms. The summed E-state index contributed by atoms with van der Waals surface area (Å²) >= 11 is 1.47. The summed E-state index contributed by atoms with van der Waals surface area (Å²) in [5, 5.41) is 3.62. The highest BCUT2D eigenvalue weighted by atomic mass is 32.2. The molecule has 2 heterocycles. The minimum absolute atomic E-state index is 0.0811. The predicted molar refractivity (Wildman–Crippen MR) is 121 cm³/mol. The first-order valence-electron chi connectivity index (χ1n) is 9.50. The minimum Gasteiger partial charge on any atom is -0.322 e. The summed E-state index contributed by atoms with van der Waals surface area (Å²) in [6.07, 6.45) is 3.36. The molecular weight excluding hydrogens is 396 g/mol. The molecule has 0 fully saturated rings. The van der Waals surface area contributed by atoms with Crippen molar-refractivity contribution in [1.29, 1.82) is 0 Å². The van der Waals surface area contributed by atoms with Gasteiger partial charge in [0.25, 0.3) is 5.91 Å². The van der Waals surface area contributed by atoms with E-state index in [1.165, 1.54) is 23.6 Å². The van der Waals surface area contributed by atoms with E-state index >= 15 is 0 Å². The number of anilines is 2. The molecule has 2 aromatic heterocycles. The van der Waals surface area contributed by atoms with Crippen LogP contribution in [0.3, 0.4) is 0 Å². The van der Waals surface area contributed by atoms with Crippen molar-refractivity contribution in [2.75, 3.05) is 17.3 Å². The van der Waals surface area contributed by atoms with Crippen LogP contribution in [0.1, 0.15) is 34.0 Å². The van der Waals surface area contributed by atoms with Crippen LogP contribution < -0.4 is 10.2 Å². The highest BCUT2D eigenvalue weighted by molar-refractivity contribution is 7.98. The Hall–Kier alpha value is -3.19. The number of hydrogen-bond donors (Lipinski definition) is 1. The van der Waals surface area contributed by atoms with E-state index < -0.39 is 0 Å². The van der Waals surface area contributed by atoms with Gasteiger partial charge in [0.2, 0.25) is 5.91 Å². The minimum atomic E-state index is -0.192. The molecule has 0 saturated heterocycles. The summed E-state index contributed by atoms with van der Waals surface area (Å²) in [6.45, 7) is 5.50. The summed E-state index contributed by atoms with van der Waals surface area (Å²) in [5.41, 5.74) is 4.47.